The van der Waals surface area contributed by atoms with Crippen molar-refractivity contribution in [3.8, 4) is 50.2 Å². The summed E-state index contributed by atoms with van der Waals surface area (Å²) >= 11 is 0. The van der Waals surface area contributed by atoms with Gasteiger partial charge in [-0.1, -0.05) is 265 Å². The molecule has 0 saturated heterocycles. The molecule has 4 aliphatic carbocycles. The predicted molar refractivity (Wildman–Crippen MR) is 483 cm³/mol. The van der Waals surface area contributed by atoms with Crippen LogP contribution in [0.4, 0.5) is 36.2 Å². The number of azide groups is 1. The van der Waals surface area contributed by atoms with E-state index in [-0.39, 0.29) is 81.5 Å². The Bertz CT molecular complexity index is 6070. The molecule has 30 nitrogen and oxygen atoms in total. The van der Waals surface area contributed by atoms with Gasteiger partial charge < -0.3 is 66.4 Å². The number of nitrogens with two attached hydrogens (primary N) is 1. The van der Waals surface area contributed by atoms with Gasteiger partial charge in [-0.15, -0.1) is 5.10 Å². The molecular weight excluding hydrogens is 1660 g/mol. The van der Waals surface area contributed by atoms with Crippen LogP contribution in [0.1, 0.15) is 102 Å². The van der Waals surface area contributed by atoms with Crippen LogP contribution in [0, 0.1) is 24.0 Å². The fourth-order valence-corrected chi connectivity index (χ4v) is 16.5. The largest absolute Gasteiger partial charge is 0.480 e. The highest BCUT2D eigenvalue weighted by Gasteiger charge is 2.36. The number of nitro groups is 1. The number of carboxylic acid groups (broad SMARTS) is 4. The van der Waals surface area contributed by atoms with Crippen LogP contribution in [-0.4, -0.2) is 139 Å². The van der Waals surface area contributed by atoms with Gasteiger partial charge in [-0.25, -0.2) is 43.0 Å². The lowest BCUT2D eigenvalue weighted by molar-refractivity contribution is -0.384. The van der Waals surface area contributed by atoms with Gasteiger partial charge in [0.05, 0.1) is 22.0 Å². The predicted octanol–water partition coefficient (Wildman–Crippen LogP) is 17.5. The second-order valence-corrected chi connectivity index (χ2v) is 31.1. The molecule has 30 heteroatoms. The molecule has 10 N–H and O–H groups in total. The Balaban J connectivity index is 0.000000140. The first-order valence-corrected chi connectivity index (χ1v) is 41.5. The number of nitrogens with zero attached hydrogens (tertiary/aromatic N) is 7. The highest BCUT2D eigenvalue weighted by atomic mass is 16.6. The van der Waals surface area contributed by atoms with Gasteiger partial charge in [0.25, 0.3) is 5.69 Å². The molecule has 0 radical (unpaired) electrons. The summed E-state index contributed by atoms with van der Waals surface area (Å²) in [6, 6.07) is 85.6. The van der Waals surface area contributed by atoms with Crippen LogP contribution in [0.25, 0.3) is 60.6 Å². The maximum absolute atomic E-state index is 12.6. The molecule has 130 heavy (non-hydrogen) atoms. The molecule has 13 aromatic rings. The Hall–Kier alpha value is -16.8. The third kappa shape index (κ3) is 21.4. The third-order valence-corrected chi connectivity index (χ3v) is 23.0. The Morgan fingerprint density at radius 3 is 0.862 bits per heavy atom. The summed E-state index contributed by atoms with van der Waals surface area (Å²) in [5.74, 6) is -5.06. The van der Waals surface area contributed by atoms with Gasteiger partial charge in [0.15, 0.2) is 0 Å². The van der Waals surface area contributed by atoms with Gasteiger partial charge in [0.1, 0.15) is 50.6 Å². The Morgan fingerprint density at radius 2 is 0.631 bits per heavy atom. The average Bonchev–Trinajstić information content (AvgIpc) is 1.63. The minimum Gasteiger partial charge on any atom is -0.480 e. The van der Waals surface area contributed by atoms with E-state index in [1.54, 1.807) is 53.2 Å². The number of non-ortho nitro benzene ring substituents is 1. The summed E-state index contributed by atoms with van der Waals surface area (Å²) < 4.78 is 23.5. The molecule has 17 rings (SSSR count). The number of carboxylic acids is 4. The van der Waals surface area contributed by atoms with Gasteiger partial charge in [0, 0.05) is 77.8 Å². The fraction of sp³-hybridized carbons (Fsp3) is 0.180. The number of fused-ring (bicyclic) bond motifs is 12. The first-order chi connectivity index (χ1) is 62.9. The van der Waals surface area contributed by atoms with Gasteiger partial charge in [-0.05, 0) is 155 Å². The van der Waals surface area contributed by atoms with E-state index < -0.39 is 77.3 Å². The number of nitro benzene ring substituents is 1. The molecule has 0 fully saturated rings. The summed E-state index contributed by atoms with van der Waals surface area (Å²) in [6.45, 7) is 4.25. The number of anilines is 1. The van der Waals surface area contributed by atoms with Crippen molar-refractivity contribution < 1.29 is 82.7 Å². The van der Waals surface area contributed by atoms with Crippen LogP contribution in [-0.2, 0) is 63.8 Å². The van der Waals surface area contributed by atoms with E-state index in [9.17, 15) is 68.9 Å². The van der Waals surface area contributed by atoms with Crippen LogP contribution in [0.15, 0.2) is 296 Å². The van der Waals surface area contributed by atoms with Crippen LogP contribution >= 0.6 is 0 Å². The molecule has 4 amide bonds. The Kier molecular flexibility index (Phi) is 28.5. The Labute approximate surface area is 745 Å². The van der Waals surface area contributed by atoms with Crippen molar-refractivity contribution in [2.45, 2.75) is 87.4 Å². The van der Waals surface area contributed by atoms with Crippen molar-refractivity contribution in [3.63, 3.8) is 0 Å². The lowest BCUT2D eigenvalue weighted by Crippen LogP contribution is -2.42. The number of hydrogen-bond acceptors (Lipinski definition) is 18. The summed E-state index contributed by atoms with van der Waals surface area (Å²) in [7, 11) is 0. The molecule has 4 atom stereocenters. The second kappa shape index (κ2) is 41.4. The number of ether oxygens (including phenoxy) is 4. The average molecular weight is 1750 g/mol. The summed E-state index contributed by atoms with van der Waals surface area (Å²) in [5, 5.41) is 70.4. The molecular formula is C100H88N12O18. The maximum Gasteiger partial charge on any atom is 0.407 e. The molecule has 0 spiro atoms. The standard InChI is InChI=1S/C28H26N4O4.C24H20N4O4.C24H20N2O6.C24H22N2O4/c1-17-18(2)32(31-30-17)20-13-11-19(12-14-20)15-26(27(33)34)29-28(35)36-16-25-23-9-5-3-7-21(23)22-8-4-6-10-24(22)25;25-28-27-16-11-9-15(10-12-16)13-22(23(29)30)26-24(31)32-14-21-19-7-3-1-5-17(19)18-6-2-4-8-20(18)21;27-23(28)22(13-15-9-11-16(12-10-15)26(30)31)25-24(29)32-14-21-19-7-3-1-5-17(19)18-6-2-4-8-20(18)21;25-16-11-9-15(10-12-16)13-22(23(27)28)26-24(29)30-14-21-19-7-3-1-5-17(19)18-6-2-4-8-20(18)21/h3-14,25-26H,15-16H2,1-2H3,(H,29,35)(H,33,34);1-12,21-22H,13-14H2,(H,26,31)(H,29,30);1-12,21-22H,13-14H2,(H,25,29)(H,27,28);1-12,21-22H,13-14,25H2,(H,26,29)(H,27,28)/t26-;3*22-/m0000/s1. The number of nitrogen functional groups attached to an aromatic ring is 1. The molecule has 12 aromatic carbocycles. The SMILES string of the molecule is Cc1nnn(-c2ccc(C[C@H](NC(=O)OCC3c4ccccc4-c4ccccc43)C(=O)O)cc2)c1C.Nc1ccc(C[C@H](NC(=O)OCC2c3ccccc3-c3ccccc32)C(=O)O)cc1.O=C(N[C@@H](Cc1ccc([N+](=O)[O-])cc1)C(=O)O)OCC1c2ccccc2-c2ccccc21.[N-]=[N+]=Nc1ccc(C[C@H](NC(=O)OCC2c3ccccc3-c3ccccc32)C(=O)O)cc1. The number of rotatable bonds is 27. The Morgan fingerprint density at radius 1 is 0.392 bits per heavy atom. The number of amides is 4. The lowest BCUT2D eigenvalue weighted by Gasteiger charge is -2.17. The monoisotopic (exact) mass is 1740 g/mol. The first-order valence-electron chi connectivity index (χ1n) is 41.5. The zero-order chi connectivity index (χ0) is 91.5. The topological polar surface area (TPSA) is 451 Å². The fourth-order valence-electron chi connectivity index (χ4n) is 16.5. The minimum atomic E-state index is -1.23. The molecule has 4 aliphatic rings. The number of aryl methyl sites for hydroxylation is 1. The van der Waals surface area contributed by atoms with Crippen molar-refractivity contribution in [2.24, 2.45) is 5.11 Å². The second-order valence-electron chi connectivity index (χ2n) is 31.1. The van der Waals surface area contributed by atoms with Crippen molar-refractivity contribution >= 4 is 65.3 Å². The number of carbonyl (C=O) groups excluding carboxylic acids is 4. The highest BCUT2D eigenvalue weighted by Crippen LogP contribution is 2.49. The number of carbonyl (C=O) groups is 8. The van der Waals surface area contributed by atoms with E-state index in [1.807, 2.05) is 208 Å². The molecule has 0 bridgehead atoms. The van der Waals surface area contributed by atoms with Gasteiger partial charge >= 0.3 is 48.3 Å². The van der Waals surface area contributed by atoms with E-state index in [4.69, 9.17) is 30.2 Å². The third-order valence-electron chi connectivity index (χ3n) is 23.0. The quantitative estimate of drug-likeness (QED) is 0.00439. The van der Waals surface area contributed by atoms with Crippen molar-refractivity contribution in [1.29, 1.82) is 0 Å². The lowest BCUT2D eigenvalue weighted by atomic mass is 9.98. The summed E-state index contributed by atoms with van der Waals surface area (Å²) in [6.07, 6.45) is -2.83. The van der Waals surface area contributed by atoms with Crippen LogP contribution in [0.2, 0.25) is 0 Å². The zero-order valence-corrected chi connectivity index (χ0v) is 70.2. The van der Waals surface area contributed by atoms with E-state index in [0.29, 0.717) is 22.5 Å². The van der Waals surface area contributed by atoms with E-state index in [2.05, 4.69) is 65.9 Å². The number of aliphatic carboxylic acids is 4. The molecule has 656 valence electrons. The molecule has 0 saturated carbocycles. The van der Waals surface area contributed by atoms with Gasteiger partial charge in [0.2, 0.25) is 0 Å². The maximum atomic E-state index is 12.6. The number of benzene rings is 12. The van der Waals surface area contributed by atoms with Crippen molar-refractivity contribution in [2.75, 3.05) is 32.2 Å². The number of nitrogens with one attached hydrogen (secondary N) is 4. The smallest absolute Gasteiger partial charge is 0.407 e. The number of aromatic nitrogens is 3. The summed E-state index contributed by atoms with van der Waals surface area (Å²) in [5.41, 5.74) is 38.0. The molecule has 0 aliphatic heterocycles. The number of hydrogen-bond donors (Lipinski definition) is 9. The van der Waals surface area contributed by atoms with E-state index >= 15 is 0 Å². The van der Waals surface area contributed by atoms with Crippen LogP contribution in [0.5, 0.6) is 0 Å². The van der Waals surface area contributed by atoms with Gasteiger partial charge in [-0.2, -0.15) is 0 Å². The van der Waals surface area contributed by atoms with E-state index in [1.165, 1.54) is 24.3 Å². The molecule has 0 unspecified atom stereocenters. The zero-order valence-electron chi connectivity index (χ0n) is 70.2. The van der Waals surface area contributed by atoms with Gasteiger partial charge in [-0.3, -0.25) is 10.1 Å². The van der Waals surface area contributed by atoms with Crippen LogP contribution < -0.4 is 27.0 Å². The molecule has 1 heterocycles. The summed E-state index contributed by atoms with van der Waals surface area (Å²) in [4.78, 5) is 109. The van der Waals surface area contributed by atoms with Crippen molar-refractivity contribution in [3.05, 3.63) is 390 Å². The highest BCUT2D eigenvalue weighted by molar-refractivity contribution is 5.86. The molecule has 1 aromatic heterocycles. The van der Waals surface area contributed by atoms with Crippen LogP contribution in [0.3, 0.4) is 0 Å². The normalized spacial score (nSPS) is 13.0. The van der Waals surface area contributed by atoms with Crippen molar-refractivity contribution in [1.82, 2.24) is 36.3 Å². The minimum absolute atomic E-state index is 0.0302. The first kappa shape index (κ1) is 89.5. The number of alkyl carbamates (subject to hydrolysis) is 4. The van der Waals surface area contributed by atoms with E-state index in [0.717, 1.165) is 117 Å².